The highest BCUT2D eigenvalue weighted by atomic mass is 32.2. The van der Waals surface area contributed by atoms with Crippen LogP contribution < -0.4 is 0 Å². The van der Waals surface area contributed by atoms with Gasteiger partial charge in [-0.05, 0) is 51.9 Å². The Bertz CT molecular complexity index is 623. The van der Waals surface area contributed by atoms with Crippen LogP contribution in [0.3, 0.4) is 0 Å². The monoisotopic (exact) mass is 415 g/mol. The number of carbonyl (C=O) groups is 1. The van der Waals surface area contributed by atoms with Crippen molar-refractivity contribution in [3.63, 3.8) is 0 Å². The second-order valence-corrected chi connectivity index (χ2v) is 10.9. The fraction of sp³-hybridized carbons (Fsp3) is 0.950. The summed E-state index contributed by atoms with van der Waals surface area (Å²) in [6.45, 7) is 11.1. The summed E-state index contributed by atoms with van der Waals surface area (Å²) in [5, 5.41) is 0. The van der Waals surface area contributed by atoms with Gasteiger partial charge in [0.1, 0.15) is 6.04 Å². The van der Waals surface area contributed by atoms with Gasteiger partial charge < -0.3 is 9.64 Å². The quantitative estimate of drug-likeness (QED) is 0.658. The van der Waals surface area contributed by atoms with Gasteiger partial charge in [-0.15, -0.1) is 0 Å². The fourth-order valence-electron chi connectivity index (χ4n) is 5.04. The van der Waals surface area contributed by atoms with Crippen molar-refractivity contribution in [1.82, 2.24) is 14.1 Å². The zero-order valence-electron chi connectivity index (χ0n) is 17.7. The minimum Gasteiger partial charge on any atom is -0.373 e. The number of morpholine rings is 1. The molecule has 0 aromatic heterocycles. The van der Waals surface area contributed by atoms with Crippen molar-refractivity contribution in [2.24, 2.45) is 5.92 Å². The third-order valence-corrected chi connectivity index (χ3v) is 8.32. The lowest BCUT2D eigenvalue weighted by molar-refractivity contribution is -0.136. The Labute approximate surface area is 170 Å². The van der Waals surface area contributed by atoms with Crippen LogP contribution in [0.2, 0.25) is 0 Å². The van der Waals surface area contributed by atoms with Crippen molar-refractivity contribution < 1.29 is 17.9 Å². The molecule has 3 rings (SSSR count). The lowest BCUT2D eigenvalue weighted by Gasteiger charge is -2.40. The van der Waals surface area contributed by atoms with Gasteiger partial charge in [0.2, 0.25) is 15.9 Å². The minimum atomic E-state index is -3.32. The van der Waals surface area contributed by atoms with Gasteiger partial charge in [0.25, 0.3) is 0 Å². The van der Waals surface area contributed by atoms with Crippen molar-refractivity contribution >= 4 is 15.9 Å². The van der Waals surface area contributed by atoms with Crippen LogP contribution in [0.5, 0.6) is 0 Å². The number of hydrogen-bond acceptors (Lipinski definition) is 5. The molecule has 0 aromatic rings. The molecule has 7 nitrogen and oxygen atoms in total. The number of rotatable bonds is 6. The maximum Gasteiger partial charge on any atom is 0.241 e. The third-order valence-electron chi connectivity index (χ3n) is 6.25. The molecule has 3 atom stereocenters. The lowest BCUT2D eigenvalue weighted by Crippen LogP contribution is -2.52. The number of piperidine rings is 1. The third kappa shape index (κ3) is 5.26. The number of hydrogen-bond donors (Lipinski definition) is 0. The molecule has 0 saturated carbocycles. The van der Waals surface area contributed by atoms with E-state index in [1.165, 1.54) is 4.31 Å². The van der Waals surface area contributed by atoms with Crippen molar-refractivity contribution in [2.45, 2.75) is 71.1 Å². The molecule has 0 aromatic carbocycles. The summed E-state index contributed by atoms with van der Waals surface area (Å²) in [6, 6.07) is -0.478. The number of ether oxygens (including phenoxy) is 1. The molecule has 3 aliphatic heterocycles. The van der Waals surface area contributed by atoms with E-state index < -0.39 is 16.1 Å². The summed E-state index contributed by atoms with van der Waals surface area (Å²) in [4.78, 5) is 17.4. The second-order valence-electron chi connectivity index (χ2n) is 8.83. The SMILES string of the molecule is CCCS(=O)(=O)N1CCCC1C(=O)N1CCC(CN2CC(C)OC(C)C2)CC1. The van der Waals surface area contributed by atoms with E-state index in [0.717, 1.165) is 52.0 Å². The van der Waals surface area contributed by atoms with Gasteiger partial charge in [-0.3, -0.25) is 9.69 Å². The van der Waals surface area contributed by atoms with Crippen molar-refractivity contribution in [3.8, 4) is 0 Å². The van der Waals surface area contributed by atoms with Gasteiger partial charge in [0.05, 0.1) is 18.0 Å². The molecule has 162 valence electrons. The molecule has 1 amide bonds. The summed E-state index contributed by atoms with van der Waals surface area (Å²) in [7, 11) is -3.32. The Morgan fingerprint density at radius 3 is 2.29 bits per heavy atom. The van der Waals surface area contributed by atoms with Crippen LogP contribution in [0.4, 0.5) is 0 Å². The van der Waals surface area contributed by atoms with E-state index in [4.69, 9.17) is 4.74 Å². The van der Waals surface area contributed by atoms with E-state index in [2.05, 4.69) is 18.7 Å². The lowest BCUT2D eigenvalue weighted by atomic mass is 9.95. The zero-order valence-corrected chi connectivity index (χ0v) is 18.5. The highest BCUT2D eigenvalue weighted by Gasteiger charge is 2.40. The number of likely N-dealkylation sites (tertiary alicyclic amines) is 1. The molecule has 3 aliphatic rings. The van der Waals surface area contributed by atoms with E-state index in [0.29, 0.717) is 25.3 Å². The van der Waals surface area contributed by atoms with Crippen LogP contribution in [0.15, 0.2) is 0 Å². The number of carbonyl (C=O) groups excluding carboxylic acids is 1. The van der Waals surface area contributed by atoms with Crippen LogP contribution in [-0.4, -0.2) is 91.7 Å². The van der Waals surface area contributed by atoms with Gasteiger partial charge in [-0.25, -0.2) is 8.42 Å². The smallest absolute Gasteiger partial charge is 0.241 e. The van der Waals surface area contributed by atoms with E-state index in [-0.39, 0.29) is 23.9 Å². The average molecular weight is 416 g/mol. The molecule has 3 fully saturated rings. The minimum absolute atomic E-state index is 0.0178. The number of nitrogens with zero attached hydrogens (tertiary/aromatic N) is 3. The summed E-state index contributed by atoms with van der Waals surface area (Å²) in [6.07, 6.45) is 4.59. The summed E-state index contributed by atoms with van der Waals surface area (Å²) in [5.41, 5.74) is 0. The fourth-order valence-corrected chi connectivity index (χ4v) is 6.78. The molecule has 0 N–H and O–H groups in total. The van der Waals surface area contributed by atoms with Crippen LogP contribution in [0.25, 0.3) is 0 Å². The predicted molar refractivity (Wildman–Crippen MR) is 110 cm³/mol. The first-order chi connectivity index (χ1) is 13.3. The number of sulfonamides is 1. The van der Waals surface area contributed by atoms with Crippen LogP contribution in [0.1, 0.15) is 52.9 Å². The Morgan fingerprint density at radius 2 is 1.68 bits per heavy atom. The molecular formula is C20H37N3O4S. The van der Waals surface area contributed by atoms with E-state index >= 15 is 0 Å². The van der Waals surface area contributed by atoms with Gasteiger partial charge in [-0.2, -0.15) is 4.31 Å². The predicted octanol–water partition coefficient (Wildman–Crippen LogP) is 1.54. The Morgan fingerprint density at radius 1 is 1.04 bits per heavy atom. The maximum absolute atomic E-state index is 13.0. The molecule has 8 heteroatoms. The highest BCUT2D eigenvalue weighted by molar-refractivity contribution is 7.89. The van der Waals surface area contributed by atoms with Gasteiger partial charge >= 0.3 is 0 Å². The molecule has 3 saturated heterocycles. The van der Waals surface area contributed by atoms with E-state index in [9.17, 15) is 13.2 Å². The first-order valence-corrected chi connectivity index (χ1v) is 12.6. The van der Waals surface area contributed by atoms with Gasteiger partial charge in [-0.1, -0.05) is 6.92 Å². The highest BCUT2D eigenvalue weighted by Crippen LogP contribution is 2.27. The van der Waals surface area contributed by atoms with Crippen LogP contribution >= 0.6 is 0 Å². The Kier molecular flexibility index (Phi) is 7.39. The molecular weight excluding hydrogens is 378 g/mol. The van der Waals surface area contributed by atoms with Crippen LogP contribution in [0, 0.1) is 5.92 Å². The first-order valence-electron chi connectivity index (χ1n) is 11.0. The summed E-state index contributed by atoms with van der Waals surface area (Å²) < 4.78 is 32.3. The maximum atomic E-state index is 13.0. The second kappa shape index (κ2) is 9.41. The normalized spacial score (nSPS) is 31.4. The van der Waals surface area contributed by atoms with Crippen molar-refractivity contribution in [2.75, 3.05) is 45.0 Å². The average Bonchev–Trinajstić information content (AvgIpc) is 3.11. The standard InChI is InChI=1S/C20H37N3O4S/c1-4-12-28(25,26)23-9-5-6-19(23)20(24)22-10-7-18(8-11-22)15-21-13-16(2)27-17(3)14-21/h16-19H,4-15H2,1-3H3. The Hall–Kier alpha value is -0.700. The molecule has 28 heavy (non-hydrogen) atoms. The van der Waals surface area contributed by atoms with Crippen LogP contribution in [-0.2, 0) is 19.6 Å². The first kappa shape index (κ1) is 22.0. The van der Waals surface area contributed by atoms with E-state index in [1.807, 2.05) is 11.8 Å². The van der Waals surface area contributed by atoms with Crippen molar-refractivity contribution in [3.05, 3.63) is 0 Å². The summed E-state index contributed by atoms with van der Waals surface area (Å²) >= 11 is 0. The topological polar surface area (TPSA) is 70.2 Å². The van der Waals surface area contributed by atoms with Gasteiger partial charge in [0.15, 0.2) is 0 Å². The Balaban J connectivity index is 1.51. The molecule has 0 spiro atoms. The summed E-state index contributed by atoms with van der Waals surface area (Å²) in [5.74, 6) is 0.754. The molecule has 0 bridgehead atoms. The number of amides is 1. The zero-order chi connectivity index (χ0) is 20.3. The van der Waals surface area contributed by atoms with Crippen molar-refractivity contribution in [1.29, 1.82) is 0 Å². The molecule has 3 heterocycles. The molecule has 0 aliphatic carbocycles. The van der Waals surface area contributed by atoms with Gasteiger partial charge in [0, 0.05) is 39.3 Å². The van der Waals surface area contributed by atoms with E-state index in [1.54, 1.807) is 0 Å². The molecule has 0 radical (unpaired) electrons. The largest absolute Gasteiger partial charge is 0.373 e. The molecule has 3 unspecified atom stereocenters.